The van der Waals surface area contributed by atoms with Crippen LogP contribution in [-0.4, -0.2) is 23.2 Å². The molecule has 0 atom stereocenters. The summed E-state index contributed by atoms with van der Waals surface area (Å²) < 4.78 is 0.821. The van der Waals surface area contributed by atoms with Gasteiger partial charge in [-0.25, -0.2) is 0 Å². The fourth-order valence-corrected chi connectivity index (χ4v) is 4.29. The molecule has 1 aliphatic heterocycles. The van der Waals surface area contributed by atoms with E-state index in [1.807, 2.05) is 45.0 Å². The quantitative estimate of drug-likeness (QED) is 0.599. The van der Waals surface area contributed by atoms with Gasteiger partial charge in [0.2, 0.25) is 0 Å². The highest BCUT2D eigenvalue weighted by molar-refractivity contribution is 8.22. The van der Waals surface area contributed by atoms with Gasteiger partial charge in [-0.15, -0.1) is 23.5 Å². The maximum atomic E-state index is 12.8. The summed E-state index contributed by atoms with van der Waals surface area (Å²) in [6.45, 7) is 6.04. The van der Waals surface area contributed by atoms with Gasteiger partial charge in [-0.2, -0.15) is 0 Å². The van der Waals surface area contributed by atoms with E-state index in [9.17, 15) is 9.59 Å². The highest BCUT2D eigenvalue weighted by Crippen LogP contribution is 2.34. The van der Waals surface area contributed by atoms with E-state index < -0.39 is 0 Å². The lowest BCUT2D eigenvalue weighted by Gasteiger charge is -2.24. The summed E-state index contributed by atoms with van der Waals surface area (Å²) in [5, 5.41) is 0. The summed E-state index contributed by atoms with van der Waals surface area (Å²) in [6, 6.07) is 7.70. The number of allylic oxidation sites excluding steroid dienone is 1. The number of ketones is 1. The molecule has 22 heavy (non-hydrogen) atoms. The number of thioether (sulfide) groups is 2. The molecule has 5 heteroatoms. The minimum absolute atomic E-state index is 0.203. The second kappa shape index (κ2) is 7.70. The number of benzene rings is 1. The molecule has 116 valence electrons. The Bertz CT molecular complexity index is 625. The van der Waals surface area contributed by atoms with Crippen LogP contribution < -0.4 is 4.90 Å². The number of anilines is 1. The topological polar surface area (TPSA) is 37.4 Å². The molecule has 1 heterocycles. The first-order valence-corrected chi connectivity index (χ1v) is 9.18. The van der Waals surface area contributed by atoms with Crippen LogP contribution >= 0.6 is 23.5 Å². The Kier molecular flexibility index (Phi) is 5.91. The average molecular weight is 333 g/mol. The van der Waals surface area contributed by atoms with Crippen LogP contribution in [0.25, 0.3) is 0 Å². The van der Waals surface area contributed by atoms with Gasteiger partial charge in [0.05, 0.1) is 4.24 Å². The molecule has 1 aromatic rings. The first-order chi connectivity index (χ1) is 10.6. The molecule has 3 nitrogen and oxygen atoms in total. The third-order valence-electron chi connectivity index (χ3n) is 3.12. The van der Waals surface area contributed by atoms with Crippen LogP contribution in [0.15, 0.2) is 46.4 Å². The highest BCUT2D eigenvalue weighted by Gasteiger charge is 2.30. The Labute approximate surface area is 139 Å². The van der Waals surface area contributed by atoms with Crippen LogP contribution in [0.2, 0.25) is 0 Å². The molecule has 0 radical (unpaired) electrons. The number of carbonyl (C=O) groups excluding carboxylic acids is 2. The van der Waals surface area contributed by atoms with Gasteiger partial charge in [0.1, 0.15) is 5.57 Å². The summed E-state index contributed by atoms with van der Waals surface area (Å²) in [6.07, 6.45) is 3.03. The zero-order chi connectivity index (χ0) is 16.1. The molecule has 1 aromatic carbocycles. The van der Waals surface area contributed by atoms with Crippen molar-refractivity contribution in [3.8, 4) is 0 Å². The SMILES string of the molecule is CCSC(SCC)=C1C(=O)C=CN(c2ccc(C)cc2)C1=O. The standard InChI is InChI=1S/C17H19NO2S2/c1-4-21-17(22-5-2)15-14(19)10-11-18(16(15)20)13-8-6-12(3)7-9-13/h6-11H,4-5H2,1-3H3. The van der Waals surface area contributed by atoms with Crippen molar-refractivity contribution in [2.45, 2.75) is 20.8 Å². The highest BCUT2D eigenvalue weighted by atomic mass is 32.2. The zero-order valence-corrected chi connectivity index (χ0v) is 14.6. The number of hydrogen-bond donors (Lipinski definition) is 0. The number of carbonyl (C=O) groups is 2. The number of aryl methyl sites for hydroxylation is 1. The van der Waals surface area contributed by atoms with Gasteiger partial charge in [-0.05, 0) is 30.6 Å². The first kappa shape index (κ1) is 16.9. The van der Waals surface area contributed by atoms with Crippen molar-refractivity contribution in [1.82, 2.24) is 0 Å². The second-order valence-electron chi connectivity index (χ2n) is 4.72. The molecule has 0 saturated heterocycles. The Morgan fingerprint density at radius 3 is 2.18 bits per heavy atom. The van der Waals surface area contributed by atoms with E-state index in [1.165, 1.54) is 6.08 Å². The average Bonchev–Trinajstić information content (AvgIpc) is 2.49. The minimum atomic E-state index is -0.242. The Morgan fingerprint density at radius 1 is 1.05 bits per heavy atom. The molecule has 0 unspecified atom stereocenters. The smallest absolute Gasteiger partial charge is 0.268 e. The normalized spacial score (nSPS) is 14.7. The maximum absolute atomic E-state index is 12.8. The van der Waals surface area contributed by atoms with Gasteiger partial charge in [0, 0.05) is 18.0 Å². The van der Waals surface area contributed by atoms with Crippen LogP contribution in [0, 0.1) is 6.92 Å². The van der Waals surface area contributed by atoms with Crippen molar-refractivity contribution in [1.29, 1.82) is 0 Å². The zero-order valence-electron chi connectivity index (χ0n) is 13.0. The lowest BCUT2D eigenvalue weighted by Crippen LogP contribution is -2.34. The van der Waals surface area contributed by atoms with Crippen molar-refractivity contribution in [3.05, 3.63) is 51.9 Å². The molecule has 0 bridgehead atoms. The molecule has 1 amide bonds. The molecule has 0 aliphatic carbocycles. The Hall–Kier alpha value is -1.46. The van der Waals surface area contributed by atoms with Gasteiger partial charge in [0.15, 0.2) is 5.78 Å². The Balaban J connectivity index is 2.43. The molecule has 0 saturated carbocycles. The van der Waals surface area contributed by atoms with Crippen molar-refractivity contribution < 1.29 is 9.59 Å². The van der Waals surface area contributed by atoms with Gasteiger partial charge < -0.3 is 0 Å². The summed E-state index contributed by atoms with van der Waals surface area (Å²) >= 11 is 3.11. The second-order valence-corrected chi connectivity index (χ2v) is 7.53. The molecular weight excluding hydrogens is 314 g/mol. The van der Waals surface area contributed by atoms with E-state index in [-0.39, 0.29) is 11.7 Å². The van der Waals surface area contributed by atoms with Crippen LogP contribution in [0.3, 0.4) is 0 Å². The molecule has 0 fully saturated rings. The number of amides is 1. The van der Waals surface area contributed by atoms with E-state index in [4.69, 9.17) is 0 Å². The Morgan fingerprint density at radius 2 is 1.64 bits per heavy atom. The summed E-state index contributed by atoms with van der Waals surface area (Å²) in [5.74, 6) is 1.22. The molecule has 2 rings (SSSR count). The van der Waals surface area contributed by atoms with Gasteiger partial charge in [-0.3, -0.25) is 14.5 Å². The predicted molar refractivity (Wildman–Crippen MR) is 96.1 cm³/mol. The summed E-state index contributed by atoms with van der Waals surface area (Å²) in [7, 11) is 0. The van der Waals surface area contributed by atoms with Crippen molar-refractivity contribution in [2.75, 3.05) is 16.4 Å². The maximum Gasteiger partial charge on any atom is 0.268 e. The fourth-order valence-electron chi connectivity index (χ4n) is 2.06. The lowest BCUT2D eigenvalue weighted by atomic mass is 10.1. The fraction of sp³-hybridized carbons (Fsp3) is 0.294. The third kappa shape index (κ3) is 3.65. The van der Waals surface area contributed by atoms with Gasteiger partial charge in [-0.1, -0.05) is 31.5 Å². The molecule has 1 aliphatic rings. The van der Waals surface area contributed by atoms with Gasteiger partial charge >= 0.3 is 0 Å². The third-order valence-corrected chi connectivity index (χ3v) is 5.34. The monoisotopic (exact) mass is 333 g/mol. The van der Waals surface area contributed by atoms with Crippen molar-refractivity contribution in [2.24, 2.45) is 0 Å². The van der Waals surface area contributed by atoms with Crippen molar-refractivity contribution >= 4 is 40.9 Å². The number of nitrogens with zero attached hydrogens (tertiary/aromatic N) is 1. The first-order valence-electron chi connectivity index (χ1n) is 7.21. The van der Waals surface area contributed by atoms with E-state index in [2.05, 4.69) is 0 Å². The van der Waals surface area contributed by atoms with E-state index in [1.54, 1.807) is 34.6 Å². The largest absolute Gasteiger partial charge is 0.289 e. The van der Waals surface area contributed by atoms with Crippen LogP contribution in [0.5, 0.6) is 0 Å². The van der Waals surface area contributed by atoms with Crippen LogP contribution in [0.4, 0.5) is 5.69 Å². The summed E-state index contributed by atoms with van der Waals surface area (Å²) in [5.41, 5.74) is 2.20. The van der Waals surface area contributed by atoms with Crippen molar-refractivity contribution in [3.63, 3.8) is 0 Å². The molecular formula is C17H19NO2S2. The number of hydrogen-bond acceptors (Lipinski definition) is 4. The molecule has 0 spiro atoms. The number of rotatable bonds is 5. The minimum Gasteiger partial charge on any atom is -0.289 e. The predicted octanol–water partition coefficient (Wildman–Crippen LogP) is 4.14. The summed E-state index contributed by atoms with van der Waals surface area (Å²) in [4.78, 5) is 26.5. The van der Waals surface area contributed by atoms with E-state index >= 15 is 0 Å². The van der Waals surface area contributed by atoms with E-state index in [0.29, 0.717) is 5.57 Å². The van der Waals surface area contributed by atoms with E-state index in [0.717, 1.165) is 27.0 Å². The lowest BCUT2D eigenvalue weighted by molar-refractivity contribution is -0.119. The van der Waals surface area contributed by atoms with Crippen LogP contribution in [0.1, 0.15) is 19.4 Å². The molecule has 0 aromatic heterocycles. The van der Waals surface area contributed by atoms with Crippen LogP contribution in [-0.2, 0) is 9.59 Å². The van der Waals surface area contributed by atoms with Gasteiger partial charge in [0.25, 0.3) is 5.91 Å². The molecule has 0 N–H and O–H groups in total.